The van der Waals surface area contributed by atoms with Crippen LogP contribution in [-0.4, -0.2) is 75.2 Å². The summed E-state index contributed by atoms with van der Waals surface area (Å²) in [5, 5.41) is 6.75. The molecule has 1 fully saturated rings. The highest BCUT2D eigenvalue weighted by molar-refractivity contribution is 14.0. The van der Waals surface area contributed by atoms with Gasteiger partial charge in [0.25, 0.3) is 0 Å². The number of hydrogen-bond acceptors (Lipinski definition) is 3. The Balaban J connectivity index is 0.00000512. The minimum atomic E-state index is -4.31. The molecule has 1 heterocycles. The fraction of sp³-hybridized carbons (Fsp3) is 0.696. The zero-order valence-electron chi connectivity index (χ0n) is 19.9. The van der Waals surface area contributed by atoms with Gasteiger partial charge in [0.2, 0.25) is 0 Å². The highest BCUT2D eigenvalue weighted by atomic mass is 127. The van der Waals surface area contributed by atoms with Crippen molar-refractivity contribution >= 4 is 29.9 Å². The smallest absolute Gasteiger partial charge is 0.356 e. The maximum Gasteiger partial charge on any atom is 0.416 e. The third-order valence-corrected chi connectivity index (χ3v) is 6.13. The topological polar surface area (TPSA) is 42.9 Å². The molecule has 0 bridgehead atoms. The van der Waals surface area contributed by atoms with E-state index in [0.717, 1.165) is 44.7 Å². The Bertz CT molecular complexity index is 703. The molecule has 9 heteroatoms. The van der Waals surface area contributed by atoms with Crippen molar-refractivity contribution in [2.24, 2.45) is 10.9 Å². The van der Waals surface area contributed by atoms with Gasteiger partial charge in [-0.3, -0.25) is 9.89 Å². The maximum atomic E-state index is 13.0. The van der Waals surface area contributed by atoms with Gasteiger partial charge in [0.15, 0.2) is 5.96 Å². The molecule has 0 aromatic heterocycles. The molecule has 1 aromatic carbocycles. The van der Waals surface area contributed by atoms with Crippen LogP contribution in [0.15, 0.2) is 29.3 Å². The third kappa shape index (κ3) is 9.05. The summed E-state index contributed by atoms with van der Waals surface area (Å²) in [6.07, 6.45) is -3.59. The zero-order valence-corrected chi connectivity index (χ0v) is 22.2. The lowest BCUT2D eigenvalue weighted by atomic mass is 9.96. The first-order valence-corrected chi connectivity index (χ1v) is 11.2. The van der Waals surface area contributed by atoms with Crippen LogP contribution in [0.25, 0.3) is 0 Å². The van der Waals surface area contributed by atoms with Crippen LogP contribution >= 0.6 is 24.0 Å². The van der Waals surface area contributed by atoms with Gasteiger partial charge in [0.1, 0.15) is 0 Å². The standard InChI is InChI=1S/C23H38F3N5.HI/c1-17(2)21(31-13-11-30(5)12-14-31)16-29-22(27-4)28-10-9-18(3)19-7-6-8-20(15-19)23(24,25)26;/h6-8,15,17-18,21H,9-14,16H2,1-5H3,(H2,27,28,29);1H. The number of alkyl halides is 3. The Morgan fingerprint density at radius 3 is 2.31 bits per heavy atom. The molecule has 184 valence electrons. The quantitative estimate of drug-likeness (QED) is 0.279. The van der Waals surface area contributed by atoms with Gasteiger partial charge in [-0.15, -0.1) is 24.0 Å². The largest absolute Gasteiger partial charge is 0.416 e. The van der Waals surface area contributed by atoms with Crippen molar-refractivity contribution in [2.75, 3.05) is 53.4 Å². The number of aliphatic imine (C=N–C) groups is 1. The minimum Gasteiger partial charge on any atom is -0.356 e. The number of nitrogens with zero attached hydrogens (tertiary/aromatic N) is 3. The van der Waals surface area contributed by atoms with E-state index in [-0.39, 0.29) is 29.9 Å². The molecule has 1 aliphatic rings. The second-order valence-electron chi connectivity index (χ2n) is 8.84. The number of likely N-dealkylation sites (N-methyl/N-ethyl adjacent to an activating group) is 1. The summed E-state index contributed by atoms with van der Waals surface area (Å²) in [6.45, 7) is 12.2. The van der Waals surface area contributed by atoms with Crippen LogP contribution < -0.4 is 10.6 Å². The maximum absolute atomic E-state index is 13.0. The number of rotatable bonds is 8. The van der Waals surface area contributed by atoms with E-state index in [0.29, 0.717) is 30.5 Å². The Labute approximate surface area is 208 Å². The SMILES string of the molecule is CN=C(NCCC(C)c1cccc(C(F)(F)F)c1)NCC(C(C)C)N1CCN(C)CC1.I. The molecule has 5 nitrogen and oxygen atoms in total. The highest BCUT2D eigenvalue weighted by Gasteiger charge is 2.30. The van der Waals surface area contributed by atoms with Gasteiger partial charge in [0, 0.05) is 52.4 Å². The van der Waals surface area contributed by atoms with Crippen LogP contribution in [0.1, 0.15) is 44.2 Å². The van der Waals surface area contributed by atoms with Crippen molar-refractivity contribution < 1.29 is 13.2 Å². The Morgan fingerprint density at radius 1 is 1.09 bits per heavy atom. The molecular weight excluding hydrogens is 530 g/mol. The molecule has 0 spiro atoms. The Hall–Kier alpha value is -1.07. The predicted octanol–water partition coefficient (Wildman–Crippen LogP) is 4.25. The lowest BCUT2D eigenvalue weighted by Gasteiger charge is -2.40. The van der Waals surface area contributed by atoms with Crippen molar-refractivity contribution in [1.29, 1.82) is 0 Å². The van der Waals surface area contributed by atoms with Crippen LogP contribution in [0, 0.1) is 5.92 Å². The van der Waals surface area contributed by atoms with Gasteiger partial charge in [-0.25, -0.2) is 0 Å². The van der Waals surface area contributed by atoms with Gasteiger partial charge in [-0.1, -0.05) is 39.0 Å². The Morgan fingerprint density at radius 2 is 1.75 bits per heavy atom. The number of guanidine groups is 1. The van der Waals surface area contributed by atoms with Crippen molar-refractivity contribution in [3.63, 3.8) is 0 Å². The van der Waals surface area contributed by atoms with E-state index in [1.54, 1.807) is 13.1 Å². The number of nitrogens with one attached hydrogen (secondary N) is 2. The van der Waals surface area contributed by atoms with Crippen molar-refractivity contribution in [3.05, 3.63) is 35.4 Å². The molecule has 0 aliphatic carbocycles. The second kappa shape index (κ2) is 13.6. The molecule has 32 heavy (non-hydrogen) atoms. The van der Waals surface area contributed by atoms with E-state index in [4.69, 9.17) is 0 Å². The normalized spacial score (nSPS) is 18.2. The number of piperazine rings is 1. The highest BCUT2D eigenvalue weighted by Crippen LogP contribution is 2.31. The van der Waals surface area contributed by atoms with Crippen LogP contribution in [0.3, 0.4) is 0 Å². The first-order valence-electron chi connectivity index (χ1n) is 11.2. The molecule has 2 rings (SSSR count). The van der Waals surface area contributed by atoms with Gasteiger partial charge >= 0.3 is 6.18 Å². The van der Waals surface area contributed by atoms with Gasteiger partial charge in [0.05, 0.1) is 5.56 Å². The number of hydrogen-bond donors (Lipinski definition) is 2. The summed E-state index contributed by atoms with van der Waals surface area (Å²) >= 11 is 0. The first kappa shape index (κ1) is 29.0. The summed E-state index contributed by atoms with van der Waals surface area (Å²) in [4.78, 5) is 9.21. The number of halogens is 4. The summed E-state index contributed by atoms with van der Waals surface area (Å²) < 4.78 is 38.9. The summed E-state index contributed by atoms with van der Waals surface area (Å²) in [5.74, 6) is 1.27. The molecule has 0 radical (unpaired) electrons. The van der Waals surface area contributed by atoms with E-state index in [2.05, 4.69) is 46.3 Å². The molecular formula is C23H39F3IN5. The summed E-state index contributed by atoms with van der Waals surface area (Å²) in [7, 11) is 3.90. The summed E-state index contributed by atoms with van der Waals surface area (Å²) in [6, 6.07) is 6.03. The molecule has 1 saturated heterocycles. The molecule has 0 amide bonds. The molecule has 2 N–H and O–H groups in total. The lowest BCUT2D eigenvalue weighted by molar-refractivity contribution is -0.137. The predicted molar refractivity (Wildman–Crippen MR) is 137 cm³/mol. The monoisotopic (exact) mass is 569 g/mol. The van der Waals surface area contributed by atoms with Gasteiger partial charge in [-0.2, -0.15) is 13.2 Å². The van der Waals surface area contributed by atoms with Crippen LogP contribution in [-0.2, 0) is 6.18 Å². The van der Waals surface area contributed by atoms with Crippen molar-refractivity contribution in [2.45, 2.75) is 45.3 Å². The van der Waals surface area contributed by atoms with Crippen molar-refractivity contribution in [1.82, 2.24) is 20.4 Å². The average molecular weight is 569 g/mol. The van der Waals surface area contributed by atoms with E-state index in [9.17, 15) is 13.2 Å². The molecule has 1 aromatic rings. The fourth-order valence-electron chi connectivity index (χ4n) is 3.96. The Kier molecular flexibility index (Phi) is 12.3. The molecule has 2 atom stereocenters. The van der Waals surface area contributed by atoms with E-state index >= 15 is 0 Å². The van der Waals surface area contributed by atoms with Crippen LogP contribution in [0.5, 0.6) is 0 Å². The molecule has 2 unspecified atom stereocenters. The van der Waals surface area contributed by atoms with Crippen molar-refractivity contribution in [3.8, 4) is 0 Å². The van der Waals surface area contributed by atoms with Crippen LogP contribution in [0.4, 0.5) is 13.2 Å². The van der Waals surface area contributed by atoms with Crippen LogP contribution in [0.2, 0.25) is 0 Å². The number of benzene rings is 1. The zero-order chi connectivity index (χ0) is 23.0. The third-order valence-electron chi connectivity index (χ3n) is 6.13. The molecule has 1 aliphatic heterocycles. The second-order valence-corrected chi connectivity index (χ2v) is 8.84. The van der Waals surface area contributed by atoms with Gasteiger partial charge in [-0.05, 0) is 36.9 Å². The van der Waals surface area contributed by atoms with Gasteiger partial charge < -0.3 is 15.5 Å². The van der Waals surface area contributed by atoms with E-state index in [1.165, 1.54) is 12.1 Å². The first-order chi connectivity index (χ1) is 14.6. The minimum absolute atomic E-state index is 0. The van der Waals surface area contributed by atoms with E-state index in [1.807, 2.05) is 6.92 Å². The average Bonchev–Trinajstić information content (AvgIpc) is 2.73. The summed E-state index contributed by atoms with van der Waals surface area (Å²) in [5.41, 5.74) is 0.112. The van der Waals surface area contributed by atoms with E-state index < -0.39 is 11.7 Å². The molecule has 0 saturated carbocycles. The fourth-order valence-corrected chi connectivity index (χ4v) is 3.96. The lowest BCUT2D eigenvalue weighted by Crippen LogP contribution is -2.55.